The highest BCUT2D eigenvalue weighted by atomic mass is 35.5. The molecule has 1 aromatic rings. The van der Waals surface area contributed by atoms with E-state index in [1.165, 1.54) is 18.2 Å². The van der Waals surface area contributed by atoms with Crippen LogP contribution in [0.5, 0.6) is 5.75 Å². The molecule has 17 heavy (non-hydrogen) atoms. The predicted molar refractivity (Wildman–Crippen MR) is 62.7 cm³/mol. The van der Waals surface area contributed by atoms with E-state index in [1.54, 1.807) is 0 Å². The van der Waals surface area contributed by atoms with Gasteiger partial charge in [0.05, 0.1) is 0 Å². The van der Waals surface area contributed by atoms with E-state index in [1.807, 2.05) is 0 Å². The number of rotatable bonds is 6. The van der Waals surface area contributed by atoms with Gasteiger partial charge in [0, 0.05) is 14.6 Å². The summed E-state index contributed by atoms with van der Waals surface area (Å²) in [4.78, 5) is 19.5. The number of hydrogen-bond acceptors (Lipinski definition) is 4. The van der Waals surface area contributed by atoms with Crippen LogP contribution in [-0.4, -0.2) is 23.9 Å². The average Bonchev–Trinajstić information content (AvgIpc) is 2.22. The summed E-state index contributed by atoms with van der Waals surface area (Å²) >= 11 is 11.4. The molecule has 8 heteroatoms. The van der Waals surface area contributed by atoms with E-state index in [0.29, 0.717) is 15.8 Å². The largest absolute Gasteiger partial charge is 0.695 e. The fourth-order valence-corrected chi connectivity index (χ4v) is 1.71. The van der Waals surface area contributed by atoms with Gasteiger partial charge >= 0.3 is 8.25 Å². The number of carbonyl (C=O) groups excluding carboxylic acids is 1. The molecule has 92 valence electrons. The number of Topliss-reactive ketones (excluding diaryl/α,β-unsaturated/α-hetero) is 1. The summed E-state index contributed by atoms with van der Waals surface area (Å²) in [5.74, 6) is -0.136. The van der Waals surface area contributed by atoms with Gasteiger partial charge in [0.1, 0.15) is 12.4 Å². The Bertz CT molecular complexity index is 417. The first-order chi connectivity index (χ1) is 7.97. The highest BCUT2D eigenvalue weighted by Gasteiger charge is 2.16. The average molecular weight is 298 g/mol. The Morgan fingerprint density at radius 1 is 1.24 bits per heavy atom. The van der Waals surface area contributed by atoms with Gasteiger partial charge in [-0.3, -0.25) is 4.79 Å². The molecule has 0 saturated carbocycles. The number of halogens is 2. The molecular formula is C9H8Cl2O5P+. The number of hydrogen-bond donors (Lipinski definition) is 1. The lowest BCUT2D eigenvalue weighted by molar-refractivity contribution is -0.123. The van der Waals surface area contributed by atoms with Gasteiger partial charge in [-0.05, 0) is 18.2 Å². The second-order valence-corrected chi connectivity index (χ2v) is 4.55. The van der Waals surface area contributed by atoms with Crippen molar-refractivity contribution in [3.63, 3.8) is 0 Å². The van der Waals surface area contributed by atoms with Crippen molar-refractivity contribution in [2.45, 2.75) is 0 Å². The number of ether oxygens (including phenoxy) is 1. The van der Waals surface area contributed by atoms with Gasteiger partial charge in [0.25, 0.3) is 0 Å². The van der Waals surface area contributed by atoms with Crippen molar-refractivity contribution in [1.29, 1.82) is 0 Å². The van der Waals surface area contributed by atoms with Gasteiger partial charge < -0.3 is 4.74 Å². The highest BCUT2D eigenvalue weighted by molar-refractivity contribution is 7.32. The molecule has 0 spiro atoms. The van der Waals surface area contributed by atoms with Crippen LogP contribution in [0, 0.1) is 0 Å². The molecule has 0 aliphatic carbocycles. The van der Waals surface area contributed by atoms with E-state index >= 15 is 0 Å². The fraction of sp³-hybridized carbons (Fsp3) is 0.222. The van der Waals surface area contributed by atoms with Gasteiger partial charge in [-0.1, -0.05) is 23.2 Å². The molecule has 1 rings (SSSR count). The Balaban J connectivity index is 2.44. The predicted octanol–water partition coefficient (Wildman–Crippen LogP) is 2.61. The van der Waals surface area contributed by atoms with Crippen LogP contribution in [0.1, 0.15) is 0 Å². The Labute approximate surface area is 108 Å². The van der Waals surface area contributed by atoms with Crippen LogP contribution in [-0.2, 0) is 13.9 Å². The minimum atomic E-state index is -2.78. The first-order valence-electron chi connectivity index (χ1n) is 4.37. The van der Waals surface area contributed by atoms with E-state index in [9.17, 15) is 9.36 Å². The second kappa shape index (κ2) is 6.89. The van der Waals surface area contributed by atoms with Crippen LogP contribution in [0.25, 0.3) is 0 Å². The van der Waals surface area contributed by atoms with Crippen molar-refractivity contribution in [2.75, 3.05) is 13.2 Å². The first-order valence-corrected chi connectivity index (χ1v) is 6.25. The van der Waals surface area contributed by atoms with Gasteiger partial charge in [0.15, 0.2) is 6.61 Å². The zero-order chi connectivity index (χ0) is 12.8. The van der Waals surface area contributed by atoms with Crippen molar-refractivity contribution < 1.29 is 23.5 Å². The topological polar surface area (TPSA) is 72.8 Å². The third kappa shape index (κ3) is 5.96. The third-order valence-corrected chi connectivity index (χ3v) is 2.36. The van der Waals surface area contributed by atoms with Crippen molar-refractivity contribution in [3.05, 3.63) is 28.2 Å². The minimum absolute atomic E-state index is 0.292. The Morgan fingerprint density at radius 3 is 2.35 bits per heavy atom. The van der Waals surface area contributed by atoms with Crippen LogP contribution in [0.3, 0.4) is 0 Å². The zero-order valence-electron chi connectivity index (χ0n) is 8.43. The van der Waals surface area contributed by atoms with Crippen molar-refractivity contribution >= 4 is 37.2 Å². The zero-order valence-corrected chi connectivity index (χ0v) is 10.8. The highest BCUT2D eigenvalue weighted by Crippen LogP contribution is 2.24. The fourth-order valence-electron chi connectivity index (χ4n) is 0.945. The summed E-state index contributed by atoms with van der Waals surface area (Å²) in [6.07, 6.45) is 0. The lowest BCUT2D eigenvalue weighted by Gasteiger charge is -2.05. The van der Waals surface area contributed by atoms with Crippen molar-refractivity contribution in [2.24, 2.45) is 0 Å². The first kappa shape index (κ1) is 14.4. The monoisotopic (exact) mass is 297 g/mol. The normalized spacial score (nSPS) is 11.1. The number of benzene rings is 1. The molecule has 0 aliphatic heterocycles. The van der Waals surface area contributed by atoms with E-state index in [0.717, 1.165) is 0 Å². The maximum absolute atomic E-state index is 11.1. The van der Waals surface area contributed by atoms with Crippen LogP contribution in [0.2, 0.25) is 10.0 Å². The van der Waals surface area contributed by atoms with E-state index in [4.69, 9.17) is 32.8 Å². The van der Waals surface area contributed by atoms with E-state index in [-0.39, 0.29) is 6.61 Å². The van der Waals surface area contributed by atoms with Crippen molar-refractivity contribution in [1.82, 2.24) is 0 Å². The molecule has 5 nitrogen and oxygen atoms in total. The van der Waals surface area contributed by atoms with Crippen LogP contribution < -0.4 is 4.74 Å². The molecule has 0 aromatic heterocycles. The van der Waals surface area contributed by atoms with Crippen LogP contribution >= 0.6 is 31.5 Å². The summed E-state index contributed by atoms with van der Waals surface area (Å²) < 4.78 is 19.5. The molecule has 1 N–H and O–H groups in total. The molecule has 0 radical (unpaired) electrons. The number of ketones is 1. The standard InChI is InChI=1S/C9H7Cl2O5P/c10-6-1-7(11)3-9(2-6)15-4-8(12)5-16-17(13)14/h1-3H,4-5H2/p+1. The van der Waals surface area contributed by atoms with Crippen LogP contribution in [0.4, 0.5) is 0 Å². The lowest BCUT2D eigenvalue weighted by atomic mass is 10.3. The molecule has 1 aromatic carbocycles. The molecule has 0 amide bonds. The molecule has 0 saturated heterocycles. The minimum Gasteiger partial charge on any atom is -0.486 e. The summed E-state index contributed by atoms with van der Waals surface area (Å²) in [6, 6.07) is 4.51. The van der Waals surface area contributed by atoms with Crippen molar-refractivity contribution in [3.8, 4) is 5.75 Å². The van der Waals surface area contributed by atoms with Crippen LogP contribution in [0.15, 0.2) is 18.2 Å². The molecule has 0 bridgehead atoms. The van der Waals surface area contributed by atoms with Gasteiger partial charge in [-0.15, -0.1) is 9.42 Å². The van der Waals surface area contributed by atoms with E-state index < -0.39 is 20.6 Å². The lowest BCUT2D eigenvalue weighted by Crippen LogP contribution is -2.15. The Morgan fingerprint density at radius 2 is 1.82 bits per heavy atom. The van der Waals surface area contributed by atoms with Gasteiger partial charge in [-0.2, -0.15) is 0 Å². The summed E-state index contributed by atoms with van der Waals surface area (Å²) in [7, 11) is -2.78. The molecular weight excluding hydrogens is 290 g/mol. The molecule has 0 aliphatic rings. The van der Waals surface area contributed by atoms with E-state index in [2.05, 4.69) is 4.52 Å². The quantitative estimate of drug-likeness (QED) is 0.817. The maximum atomic E-state index is 11.1. The molecule has 1 atom stereocenters. The number of carbonyl (C=O) groups is 1. The summed E-state index contributed by atoms with van der Waals surface area (Å²) in [5, 5.41) is 0.768. The molecule has 1 unspecified atom stereocenters. The third-order valence-electron chi connectivity index (χ3n) is 1.57. The Hall–Kier alpha value is -0.710. The summed E-state index contributed by atoms with van der Waals surface area (Å²) in [6.45, 7) is -0.778. The van der Waals surface area contributed by atoms with Gasteiger partial charge in [0.2, 0.25) is 5.78 Å². The van der Waals surface area contributed by atoms with Gasteiger partial charge in [-0.25, -0.2) is 0 Å². The molecule has 0 heterocycles. The SMILES string of the molecule is O=C(COc1cc(Cl)cc(Cl)c1)CO[P+](=O)O. The second-order valence-electron chi connectivity index (χ2n) is 2.94. The molecule has 0 fully saturated rings. The summed E-state index contributed by atoms with van der Waals surface area (Å²) in [5.41, 5.74) is 0. The smallest absolute Gasteiger partial charge is 0.486 e. The Kier molecular flexibility index (Phi) is 5.82. The maximum Gasteiger partial charge on any atom is 0.695 e.